The Kier molecular flexibility index (Phi) is 4.46. The van der Waals surface area contributed by atoms with Gasteiger partial charge >= 0.3 is 0 Å². The fourth-order valence-electron chi connectivity index (χ4n) is 0.638. The summed E-state index contributed by atoms with van der Waals surface area (Å²) < 4.78 is 0. The van der Waals surface area contributed by atoms with Crippen LogP contribution in [0.25, 0.3) is 0 Å². The third-order valence-electron chi connectivity index (χ3n) is 0.895. The lowest BCUT2D eigenvalue weighted by Gasteiger charge is -1.95. The van der Waals surface area contributed by atoms with Crippen molar-refractivity contribution in [1.82, 2.24) is 0 Å². The molecule has 56 valence electrons. The summed E-state index contributed by atoms with van der Waals surface area (Å²) in [5.41, 5.74) is 0.971. The van der Waals surface area contributed by atoms with Crippen LogP contribution in [-0.4, -0.2) is 18.0 Å². The summed E-state index contributed by atoms with van der Waals surface area (Å²) in [5.74, 6) is 0. The van der Waals surface area contributed by atoms with E-state index in [9.17, 15) is 0 Å². The molecular formula is C8H14N2. The molecule has 1 N–H and O–H groups in total. The number of nitrogens with zero attached hydrogens (tertiary/aromatic N) is 1. The molecule has 0 spiro atoms. The molecule has 0 aromatic carbocycles. The molecule has 0 saturated carbocycles. The first-order valence-electron chi connectivity index (χ1n) is 3.38. The first kappa shape index (κ1) is 9.08. The highest BCUT2D eigenvalue weighted by atomic mass is 14.8. The maximum absolute atomic E-state index is 6.71. The van der Waals surface area contributed by atoms with Gasteiger partial charge in [0.25, 0.3) is 0 Å². The summed E-state index contributed by atoms with van der Waals surface area (Å²) in [6.45, 7) is 5.99. The van der Waals surface area contributed by atoms with Gasteiger partial charge in [-0.3, -0.25) is 4.99 Å². The zero-order valence-corrected chi connectivity index (χ0v) is 6.76. The van der Waals surface area contributed by atoms with Crippen LogP contribution in [0, 0.1) is 5.41 Å². The Balaban J connectivity index is 3.93. The van der Waals surface area contributed by atoms with E-state index in [1.54, 1.807) is 6.08 Å². The zero-order valence-electron chi connectivity index (χ0n) is 6.76. The minimum Gasteiger partial charge on any atom is -0.309 e. The van der Waals surface area contributed by atoms with Crippen LogP contribution in [0.2, 0.25) is 0 Å². The van der Waals surface area contributed by atoms with Crippen molar-refractivity contribution in [2.24, 2.45) is 4.99 Å². The molecule has 0 atom stereocenters. The maximum atomic E-state index is 6.71. The second kappa shape index (κ2) is 4.91. The molecule has 0 radical (unpaired) electrons. The van der Waals surface area contributed by atoms with Crippen molar-refractivity contribution in [2.75, 3.05) is 0 Å². The Labute approximate surface area is 62.2 Å². The van der Waals surface area contributed by atoms with Crippen molar-refractivity contribution < 1.29 is 0 Å². The van der Waals surface area contributed by atoms with Gasteiger partial charge in [-0.15, -0.1) is 0 Å². The van der Waals surface area contributed by atoms with Gasteiger partial charge in [0, 0.05) is 18.0 Å². The van der Waals surface area contributed by atoms with Gasteiger partial charge in [-0.05, 0) is 32.9 Å². The highest BCUT2D eigenvalue weighted by molar-refractivity contribution is 5.95. The van der Waals surface area contributed by atoms with Crippen LogP contribution in [-0.2, 0) is 0 Å². The van der Waals surface area contributed by atoms with E-state index in [0.717, 1.165) is 5.71 Å². The fraction of sp³-hybridized carbons (Fsp3) is 0.500. The van der Waals surface area contributed by atoms with Crippen LogP contribution in [0.1, 0.15) is 20.8 Å². The quantitative estimate of drug-likeness (QED) is 0.579. The van der Waals surface area contributed by atoms with Gasteiger partial charge in [0.15, 0.2) is 0 Å². The molecule has 0 fully saturated rings. The summed E-state index contributed by atoms with van der Waals surface area (Å²) in [6, 6.07) is 0.343. The summed E-state index contributed by atoms with van der Waals surface area (Å²) >= 11 is 0. The molecule has 0 heterocycles. The molecule has 2 nitrogen and oxygen atoms in total. The van der Waals surface area contributed by atoms with E-state index in [1.807, 2.05) is 26.8 Å². The van der Waals surface area contributed by atoms with E-state index in [4.69, 9.17) is 5.41 Å². The van der Waals surface area contributed by atoms with Crippen LogP contribution < -0.4 is 0 Å². The smallest absolute Gasteiger partial charge is 0.0446 e. The Morgan fingerprint density at radius 1 is 1.50 bits per heavy atom. The average Bonchev–Trinajstić information content (AvgIpc) is 1.82. The lowest BCUT2D eigenvalue weighted by molar-refractivity contribution is 0.836. The predicted octanol–water partition coefficient (Wildman–Crippen LogP) is 2.06. The second-order valence-corrected chi connectivity index (χ2v) is 2.39. The molecule has 10 heavy (non-hydrogen) atoms. The number of hydrogen-bond acceptors (Lipinski definition) is 2. The Bertz CT molecular complexity index is 155. The molecule has 0 aromatic heterocycles. The predicted molar refractivity (Wildman–Crippen MR) is 46.2 cm³/mol. The van der Waals surface area contributed by atoms with Gasteiger partial charge < -0.3 is 5.41 Å². The van der Waals surface area contributed by atoms with Crippen LogP contribution in [0.4, 0.5) is 0 Å². The first-order chi connectivity index (χ1) is 4.66. The summed E-state index contributed by atoms with van der Waals surface area (Å²) in [5, 5.41) is 6.71. The van der Waals surface area contributed by atoms with Gasteiger partial charge in [0.05, 0.1) is 0 Å². The van der Waals surface area contributed by atoms with E-state index in [0.29, 0.717) is 6.04 Å². The monoisotopic (exact) mass is 138 g/mol. The van der Waals surface area contributed by atoms with Crippen molar-refractivity contribution in [3.63, 3.8) is 0 Å². The largest absolute Gasteiger partial charge is 0.309 e. The summed E-state index contributed by atoms with van der Waals surface area (Å²) in [6.07, 6.45) is 4.74. The molecule has 0 rings (SSSR count). The van der Waals surface area contributed by atoms with E-state index < -0.39 is 0 Å². The molecule has 0 aliphatic rings. The van der Waals surface area contributed by atoms with E-state index in [2.05, 4.69) is 4.99 Å². The third kappa shape index (κ3) is 5.22. The Morgan fingerprint density at radius 3 is 2.50 bits per heavy atom. The molecule has 0 aliphatic carbocycles. The van der Waals surface area contributed by atoms with Crippen LogP contribution >= 0.6 is 0 Å². The van der Waals surface area contributed by atoms with Crippen LogP contribution in [0.3, 0.4) is 0 Å². The van der Waals surface area contributed by atoms with Gasteiger partial charge in [0.1, 0.15) is 0 Å². The standard InChI is InChI=1S/C8H14N2/c1-7(2)10-8(3)5-4-6-9/h4-7,9H,1-3H3/b5-4-,9-6?,10-8?. The zero-order chi connectivity index (χ0) is 7.98. The van der Waals surface area contributed by atoms with Gasteiger partial charge in [0.2, 0.25) is 0 Å². The topological polar surface area (TPSA) is 36.2 Å². The minimum atomic E-state index is 0.343. The molecule has 0 bridgehead atoms. The highest BCUT2D eigenvalue weighted by Crippen LogP contribution is 1.88. The molecule has 0 aliphatic heterocycles. The lowest BCUT2D eigenvalue weighted by atomic mass is 10.3. The first-order valence-corrected chi connectivity index (χ1v) is 3.38. The summed E-state index contributed by atoms with van der Waals surface area (Å²) in [7, 11) is 0. The Hall–Kier alpha value is -0.920. The fourth-order valence-corrected chi connectivity index (χ4v) is 0.638. The van der Waals surface area contributed by atoms with E-state index in [1.165, 1.54) is 6.21 Å². The average molecular weight is 138 g/mol. The maximum Gasteiger partial charge on any atom is 0.0446 e. The molecule has 0 amide bonds. The second-order valence-electron chi connectivity index (χ2n) is 2.39. The normalized spacial score (nSPS) is 13.0. The van der Waals surface area contributed by atoms with Crippen molar-refractivity contribution >= 4 is 11.9 Å². The number of aliphatic imine (C=N–C) groups is 1. The summed E-state index contributed by atoms with van der Waals surface area (Å²) in [4.78, 5) is 4.24. The number of hydrogen-bond donors (Lipinski definition) is 1. The molecular weight excluding hydrogens is 124 g/mol. The minimum absolute atomic E-state index is 0.343. The van der Waals surface area contributed by atoms with E-state index >= 15 is 0 Å². The van der Waals surface area contributed by atoms with Crippen molar-refractivity contribution in [3.8, 4) is 0 Å². The lowest BCUT2D eigenvalue weighted by Crippen LogP contribution is -1.94. The van der Waals surface area contributed by atoms with Crippen molar-refractivity contribution in [1.29, 1.82) is 5.41 Å². The van der Waals surface area contributed by atoms with Crippen molar-refractivity contribution in [2.45, 2.75) is 26.8 Å². The third-order valence-corrected chi connectivity index (χ3v) is 0.895. The Morgan fingerprint density at radius 2 is 2.10 bits per heavy atom. The molecule has 2 heteroatoms. The van der Waals surface area contributed by atoms with Gasteiger partial charge in [-0.1, -0.05) is 0 Å². The van der Waals surface area contributed by atoms with Crippen molar-refractivity contribution in [3.05, 3.63) is 12.2 Å². The van der Waals surface area contributed by atoms with E-state index in [-0.39, 0.29) is 0 Å². The molecule has 0 unspecified atom stereocenters. The molecule has 0 aromatic rings. The molecule has 0 saturated heterocycles. The number of rotatable bonds is 3. The van der Waals surface area contributed by atoms with Gasteiger partial charge in [-0.25, -0.2) is 0 Å². The highest BCUT2D eigenvalue weighted by Gasteiger charge is 1.86. The SMILES string of the molecule is CC(/C=C\C=N)=NC(C)C. The van der Waals surface area contributed by atoms with Crippen LogP contribution in [0.15, 0.2) is 17.1 Å². The van der Waals surface area contributed by atoms with Crippen LogP contribution in [0.5, 0.6) is 0 Å². The number of allylic oxidation sites excluding steroid dienone is 2. The number of nitrogens with one attached hydrogen (secondary N) is 1. The van der Waals surface area contributed by atoms with Gasteiger partial charge in [-0.2, -0.15) is 0 Å².